The lowest BCUT2D eigenvalue weighted by atomic mass is 9.86. The number of imidazole rings is 1. The Bertz CT molecular complexity index is 4210. The lowest BCUT2D eigenvalue weighted by Crippen LogP contribution is -2.31. The van der Waals surface area contributed by atoms with Crippen LogP contribution in [-0.2, 0) is 17.3 Å². The number of fused-ring (bicyclic) bond motifs is 4. The summed E-state index contributed by atoms with van der Waals surface area (Å²) in [5.74, 6) is 2.30. The monoisotopic (exact) mass is 935 g/mol. The number of aromatic nitrogens is 4. The summed E-state index contributed by atoms with van der Waals surface area (Å²) >= 11 is 0. The summed E-state index contributed by atoms with van der Waals surface area (Å²) in [6.07, 6.45) is 6.35. The number of nitrogens with zero attached hydrogens (tertiary/aromatic N) is 4. The van der Waals surface area contributed by atoms with E-state index < -0.39 is 60.4 Å². The van der Waals surface area contributed by atoms with Crippen LogP contribution in [-0.4, -0.2) is 14.1 Å². The van der Waals surface area contributed by atoms with Crippen LogP contribution in [0, 0.1) is 12.2 Å². The molecule has 3 heterocycles. The highest BCUT2D eigenvalue weighted by atomic mass is 16.5. The second kappa shape index (κ2) is 18.1. The van der Waals surface area contributed by atoms with E-state index in [1.807, 2.05) is 65.4 Å². The Balaban J connectivity index is 1.06. The molecule has 350 valence electrons. The van der Waals surface area contributed by atoms with Crippen LogP contribution in [0.1, 0.15) is 85.8 Å². The molecule has 5 heteroatoms. The second-order valence-corrected chi connectivity index (χ2v) is 20.7. The van der Waals surface area contributed by atoms with Crippen molar-refractivity contribution in [1.82, 2.24) is 14.1 Å². The van der Waals surface area contributed by atoms with Gasteiger partial charge in [0, 0.05) is 28.6 Å². The van der Waals surface area contributed by atoms with Gasteiger partial charge < -0.3 is 4.74 Å². The molecule has 11 aromatic rings. The van der Waals surface area contributed by atoms with Gasteiger partial charge in [0.1, 0.15) is 17.3 Å². The molecule has 3 aromatic heterocycles. The summed E-state index contributed by atoms with van der Waals surface area (Å²) in [5, 5.41) is 2.15. The third-order valence-corrected chi connectivity index (χ3v) is 13.2. The molecule has 5 nitrogen and oxygen atoms in total. The van der Waals surface area contributed by atoms with Crippen LogP contribution in [0.25, 0.3) is 83.4 Å². The van der Waals surface area contributed by atoms with Gasteiger partial charge in [-0.2, -0.15) is 0 Å². The first-order valence-corrected chi connectivity index (χ1v) is 24.1. The van der Waals surface area contributed by atoms with Gasteiger partial charge in [-0.15, -0.1) is 0 Å². The van der Waals surface area contributed by atoms with Crippen LogP contribution in [0.5, 0.6) is 11.5 Å². The van der Waals surface area contributed by atoms with Gasteiger partial charge >= 0.3 is 0 Å². The second-order valence-electron chi connectivity index (χ2n) is 20.7. The molecule has 0 spiro atoms. The maximum atomic E-state index is 9.08. The summed E-state index contributed by atoms with van der Waals surface area (Å²) in [5.41, 5.74) is 9.91. The predicted octanol–water partition coefficient (Wildman–Crippen LogP) is 16.8. The molecular formula is C66H60N4O. The largest absolute Gasteiger partial charge is 0.458 e. The smallest absolute Gasteiger partial charge is 0.269 e. The minimum Gasteiger partial charge on any atom is -0.458 e. The van der Waals surface area contributed by atoms with Crippen molar-refractivity contribution < 1.29 is 23.0 Å². The van der Waals surface area contributed by atoms with Gasteiger partial charge in [-0.1, -0.05) is 195 Å². The molecule has 0 N–H and O–H groups in total. The van der Waals surface area contributed by atoms with Gasteiger partial charge in [-0.25, -0.2) is 4.98 Å². The van der Waals surface area contributed by atoms with Crippen molar-refractivity contribution >= 4 is 32.8 Å². The molecule has 8 aromatic carbocycles. The zero-order chi connectivity index (χ0) is 57.7. The summed E-state index contributed by atoms with van der Waals surface area (Å²) in [6, 6.07) is 38.5. The molecule has 0 saturated carbocycles. The molecule has 0 aliphatic heterocycles. The van der Waals surface area contributed by atoms with E-state index in [9.17, 15) is 0 Å². The highest BCUT2D eigenvalue weighted by molar-refractivity contribution is 6.10. The fourth-order valence-electron chi connectivity index (χ4n) is 9.60. The minimum absolute atomic E-state index is 0.0317. The van der Waals surface area contributed by atoms with Crippen molar-refractivity contribution in [2.75, 3.05) is 0 Å². The van der Waals surface area contributed by atoms with Crippen LogP contribution >= 0.6 is 0 Å². The molecule has 0 amide bonds. The van der Waals surface area contributed by atoms with Gasteiger partial charge in [0.25, 0.3) is 6.33 Å². The van der Waals surface area contributed by atoms with Crippen LogP contribution in [0.2, 0.25) is 0 Å². The minimum atomic E-state index is -0.566. The zero-order valence-electron chi connectivity index (χ0n) is 51.3. The van der Waals surface area contributed by atoms with Gasteiger partial charge in [0.15, 0.2) is 0 Å². The van der Waals surface area contributed by atoms with Crippen molar-refractivity contribution in [3.05, 3.63) is 223 Å². The average Bonchev–Trinajstić information content (AvgIpc) is 3.52. The van der Waals surface area contributed by atoms with E-state index in [1.165, 1.54) is 16.7 Å². The SMILES string of the molecule is [2H]c1c([2H])c([2H])c(-c2cccc(-c3c([2H])c([2H])c([2H])c([2H])c3[2H])c2-[n+]2[c-]n(-c3cccc(Oc4ccc5c6cc(C(C)(C)C)ccc6n(-c6cc(CC(C)C)c(-c7ccc(C(C)(C)C)cc7)cn6)c5c4)c3)c3ccccc32)c([2H])c1[2H]. The molecule has 0 unspecified atom stereocenters. The number of rotatable bonds is 10. The van der Waals surface area contributed by atoms with E-state index >= 15 is 0 Å². The molecule has 0 fully saturated rings. The van der Waals surface area contributed by atoms with Crippen LogP contribution in [0.3, 0.4) is 0 Å². The lowest BCUT2D eigenvalue weighted by molar-refractivity contribution is -0.571. The summed E-state index contributed by atoms with van der Waals surface area (Å²) in [6.45, 7) is 17.8. The normalized spacial score (nSPS) is 14.1. The van der Waals surface area contributed by atoms with E-state index in [4.69, 9.17) is 23.4 Å². The Labute approximate surface area is 432 Å². The Morgan fingerprint density at radius 2 is 1.23 bits per heavy atom. The van der Waals surface area contributed by atoms with Crippen molar-refractivity contribution in [2.45, 2.75) is 72.6 Å². The average molecular weight is 935 g/mol. The maximum Gasteiger partial charge on any atom is 0.269 e. The van der Waals surface area contributed by atoms with Crippen molar-refractivity contribution in [1.29, 1.82) is 0 Å². The molecule has 11 rings (SSSR count). The molecule has 71 heavy (non-hydrogen) atoms. The van der Waals surface area contributed by atoms with E-state index in [-0.39, 0.29) is 38.8 Å². The maximum absolute atomic E-state index is 9.08. The fourth-order valence-corrected chi connectivity index (χ4v) is 9.60. The Morgan fingerprint density at radius 3 is 1.90 bits per heavy atom. The molecule has 0 bridgehead atoms. The van der Waals surface area contributed by atoms with E-state index in [0.717, 1.165) is 45.2 Å². The third-order valence-electron chi connectivity index (χ3n) is 13.2. The summed E-state index contributed by atoms with van der Waals surface area (Å²) in [4.78, 5) is 5.23. The van der Waals surface area contributed by atoms with Crippen LogP contribution < -0.4 is 9.30 Å². The van der Waals surface area contributed by atoms with Crippen molar-refractivity contribution in [3.63, 3.8) is 0 Å². The molecule has 0 atom stereocenters. The lowest BCUT2D eigenvalue weighted by Gasteiger charge is -2.20. The molecular weight excluding hydrogens is 865 g/mol. The van der Waals surface area contributed by atoms with Gasteiger partial charge in [0.05, 0.1) is 47.1 Å². The van der Waals surface area contributed by atoms with E-state index in [0.29, 0.717) is 34.1 Å². The van der Waals surface area contributed by atoms with Gasteiger partial charge in [0.2, 0.25) is 0 Å². The molecule has 0 aliphatic carbocycles. The first kappa shape index (κ1) is 35.1. The van der Waals surface area contributed by atoms with E-state index in [2.05, 4.69) is 127 Å². The van der Waals surface area contributed by atoms with Gasteiger partial charge in [-0.3, -0.25) is 13.7 Å². The van der Waals surface area contributed by atoms with Gasteiger partial charge in [-0.05, 0) is 116 Å². The number of benzene rings is 8. The van der Waals surface area contributed by atoms with E-state index in [1.54, 1.807) is 22.8 Å². The van der Waals surface area contributed by atoms with Crippen molar-refractivity contribution in [3.8, 4) is 62.1 Å². The van der Waals surface area contributed by atoms with Crippen LogP contribution in [0.4, 0.5) is 0 Å². The van der Waals surface area contributed by atoms with Crippen LogP contribution in [0.15, 0.2) is 200 Å². The number of hydrogen-bond acceptors (Lipinski definition) is 2. The Morgan fingerprint density at radius 1 is 0.577 bits per heavy atom. The number of para-hydroxylation sites is 3. The zero-order valence-corrected chi connectivity index (χ0v) is 41.3. The Kier molecular flexibility index (Phi) is 8.94. The number of ether oxygens (including phenoxy) is 1. The quantitative estimate of drug-likeness (QED) is 0.101. The molecule has 0 saturated heterocycles. The third kappa shape index (κ3) is 8.71. The highest BCUT2D eigenvalue weighted by Gasteiger charge is 2.23. The number of hydrogen-bond donors (Lipinski definition) is 0. The Hall–Kier alpha value is -8.02. The predicted molar refractivity (Wildman–Crippen MR) is 295 cm³/mol. The molecule has 0 aliphatic rings. The molecule has 0 radical (unpaired) electrons. The first-order chi connectivity index (χ1) is 38.4. The standard InChI is InChI=1S/C66H60N4O/c1-44(2)37-48-38-63(67-42-58(48)47-29-31-49(32-30-47)65(3,4)5)70-59-36-33-50(66(6,7)8)39-57(59)56-35-34-53(41-62(56)70)71-52-24-17-23-51(40-52)68-43-69(61-28-16-15-27-60(61)68)64-54(45-19-11-9-12-20-45)25-18-26-55(64)46-21-13-10-14-22-46/h9-36,38-42,44H,37H2,1-8H3/i9D,10D,11D,12D,13D,14D,19D,20D,21D,22D. The first-order valence-electron chi connectivity index (χ1n) is 29.1. The van der Waals surface area contributed by atoms with Crippen molar-refractivity contribution in [2.24, 2.45) is 5.92 Å². The summed E-state index contributed by atoms with van der Waals surface area (Å²) in [7, 11) is 0. The summed E-state index contributed by atoms with van der Waals surface area (Å²) < 4.78 is 100. The fraction of sp³-hybridized carbons (Fsp3) is 0.182. The number of pyridine rings is 1. The topological polar surface area (TPSA) is 35.9 Å². The highest BCUT2D eigenvalue weighted by Crippen LogP contribution is 2.40.